The van der Waals surface area contributed by atoms with Gasteiger partial charge in [-0.05, 0) is 52.2 Å². The Morgan fingerprint density at radius 3 is 2.44 bits per heavy atom. The Bertz CT molecular complexity index is 760. The van der Waals surface area contributed by atoms with Gasteiger partial charge in [0.15, 0.2) is 0 Å². The number of methoxy groups -OCH3 is 1. The van der Waals surface area contributed by atoms with Crippen LogP contribution in [0.4, 0.5) is 5.69 Å². The van der Waals surface area contributed by atoms with Crippen LogP contribution < -0.4 is 4.90 Å². The van der Waals surface area contributed by atoms with Crippen molar-refractivity contribution in [2.75, 3.05) is 18.6 Å². The van der Waals surface area contributed by atoms with Gasteiger partial charge in [0.05, 0.1) is 13.0 Å². The highest BCUT2D eigenvalue weighted by atomic mass is 16.6. The summed E-state index contributed by atoms with van der Waals surface area (Å²) in [5.74, 6) is -1.92. The molecule has 6 heteroatoms. The maximum atomic E-state index is 13.3. The van der Waals surface area contributed by atoms with Gasteiger partial charge in [0.25, 0.3) is 5.91 Å². The molecule has 0 fully saturated rings. The molecule has 6 nitrogen and oxygen atoms in total. The van der Waals surface area contributed by atoms with Crippen LogP contribution >= 0.6 is 0 Å². The minimum Gasteiger partial charge on any atom is -0.469 e. The third-order valence-electron chi connectivity index (χ3n) is 4.29. The molecule has 146 valence electrons. The lowest BCUT2D eigenvalue weighted by Gasteiger charge is -2.27. The first-order chi connectivity index (χ1) is 12.6. The Balaban J connectivity index is 2.35. The van der Waals surface area contributed by atoms with Crippen molar-refractivity contribution in [2.24, 2.45) is 5.92 Å². The molecular weight excluding hydrogens is 346 g/mol. The zero-order valence-electron chi connectivity index (χ0n) is 16.6. The quantitative estimate of drug-likeness (QED) is 0.741. The summed E-state index contributed by atoms with van der Waals surface area (Å²) < 4.78 is 10.2. The average Bonchev–Trinajstić information content (AvgIpc) is 3.07. The Morgan fingerprint density at radius 2 is 1.85 bits per heavy atom. The summed E-state index contributed by atoms with van der Waals surface area (Å²) in [7, 11) is 1.31. The largest absolute Gasteiger partial charge is 0.469 e. The second-order valence-electron chi connectivity index (χ2n) is 7.58. The third-order valence-corrected chi connectivity index (χ3v) is 4.29. The second-order valence-corrected chi connectivity index (χ2v) is 7.58. The lowest BCUT2D eigenvalue weighted by Crippen LogP contribution is -2.41. The predicted octanol–water partition coefficient (Wildman–Crippen LogP) is 3.18. The number of allylic oxidation sites excluding steroid dienone is 1. The normalized spacial score (nSPS) is 16.5. The first kappa shape index (κ1) is 20.7. The van der Waals surface area contributed by atoms with Gasteiger partial charge >= 0.3 is 11.9 Å². The first-order valence-electron chi connectivity index (χ1n) is 9.01. The number of para-hydroxylation sites is 1. The van der Waals surface area contributed by atoms with E-state index in [9.17, 15) is 14.4 Å². The number of carbonyl (C=O) groups excluding carboxylic acids is 3. The average molecular weight is 373 g/mol. The fourth-order valence-electron chi connectivity index (χ4n) is 3.12. The van der Waals surface area contributed by atoms with E-state index in [1.807, 2.05) is 19.1 Å². The number of esters is 2. The van der Waals surface area contributed by atoms with Crippen LogP contribution in [0.1, 0.15) is 39.2 Å². The zero-order valence-corrected chi connectivity index (χ0v) is 16.6. The number of hydrogen-bond acceptors (Lipinski definition) is 5. The summed E-state index contributed by atoms with van der Waals surface area (Å²) in [5.41, 5.74) is 1.18. The van der Waals surface area contributed by atoms with E-state index in [1.54, 1.807) is 39.0 Å². The smallest absolute Gasteiger partial charge is 0.326 e. The van der Waals surface area contributed by atoms with Crippen LogP contribution in [-0.2, 0) is 23.9 Å². The lowest BCUT2D eigenvalue weighted by molar-refractivity contribution is -0.153. The monoisotopic (exact) mass is 373 g/mol. The number of hydrogen-bond donors (Lipinski definition) is 0. The van der Waals surface area contributed by atoms with Crippen LogP contribution in [0.2, 0.25) is 0 Å². The van der Waals surface area contributed by atoms with Crippen molar-refractivity contribution in [3.8, 4) is 0 Å². The minimum atomic E-state index is -0.654. The van der Waals surface area contributed by atoms with Gasteiger partial charge in [-0.1, -0.05) is 24.3 Å². The summed E-state index contributed by atoms with van der Waals surface area (Å²) >= 11 is 0. The van der Waals surface area contributed by atoms with Gasteiger partial charge in [0.1, 0.15) is 12.1 Å². The molecule has 0 aliphatic heterocycles. The van der Waals surface area contributed by atoms with Crippen molar-refractivity contribution >= 4 is 23.5 Å². The van der Waals surface area contributed by atoms with Crippen LogP contribution in [-0.4, -0.2) is 37.1 Å². The number of amides is 1. The number of nitrogens with zero attached hydrogens (tertiary/aromatic N) is 1. The van der Waals surface area contributed by atoms with Gasteiger partial charge in [-0.3, -0.25) is 19.3 Å². The van der Waals surface area contributed by atoms with Gasteiger partial charge < -0.3 is 9.47 Å². The summed E-state index contributed by atoms with van der Waals surface area (Å²) in [6.45, 7) is 6.96. The van der Waals surface area contributed by atoms with Gasteiger partial charge in [0.2, 0.25) is 0 Å². The Kier molecular flexibility index (Phi) is 6.41. The Hall–Kier alpha value is -2.63. The van der Waals surface area contributed by atoms with E-state index in [1.165, 1.54) is 12.0 Å². The molecule has 0 N–H and O–H groups in total. The second kappa shape index (κ2) is 8.37. The highest BCUT2D eigenvalue weighted by molar-refractivity contribution is 6.11. The van der Waals surface area contributed by atoms with Gasteiger partial charge in [-0.2, -0.15) is 0 Å². The summed E-state index contributed by atoms with van der Waals surface area (Å²) in [5, 5.41) is 0. The fraction of sp³-hybridized carbons (Fsp3) is 0.476. The topological polar surface area (TPSA) is 72.9 Å². The Morgan fingerprint density at radius 1 is 1.19 bits per heavy atom. The Labute approximate surface area is 160 Å². The molecule has 0 spiro atoms. The molecule has 1 amide bonds. The molecule has 2 rings (SSSR count). The minimum absolute atomic E-state index is 0.230. The summed E-state index contributed by atoms with van der Waals surface area (Å²) in [6, 6.07) is 7.31. The van der Waals surface area contributed by atoms with E-state index in [-0.39, 0.29) is 12.5 Å². The first-order valence-corrected chi connectivity index (χ1v) is 9.01. The van der Waals surface area contributed by atoms with Crippen molar-refractivity contribution in [2.45, 2.75) is 46.1 Å². The summed E-state index contributed by atoms with van der Waals surface area (Å²) in [4.78, 5) is 39.1. The number of rotatable bonds is 5. The molecule has 1 aliphatic carbocycles. The van der Waals surface area contributed by atoms with Gasteiger partial charge in [-0.25, -0.2) is 0 Å². The maximum Gasteiger partial charge on any atom is 0.326 e. The zero-order chi connectivity index (χ0) is 20.2. The SMILES string of the molecule is COC(=O)C1CCC=C1C(=O)N(CC(=O)OC(C)(C)C)c1ccccc1C. The van der Waals surface area contributed by atoms with E-state index < -0.39 is 23.5 Å². The van der Waals surface area contributed by atoms with Crippen molar-refractivity contribution in [3.63, 3.8) is 0 Å². The van der Waals surface area contributed by atoms with Gasteiger partial charge in [-0.15, -0.1) is 0 Å². The van der Waals surface area contributed by atoms with E-state index in [0.29, 0.717) is 24.1 Å². The van der Waals surface area contributed by atoms with E-state index in [2.05, 4.69) is 0 Å². The summed E-state index contributed by atoms with van der Waals surface area (Å²) in [6.07, 6.45) is 2.90. The van der Waals surface area contributed by atoms with Crippen molar-refractivity contribution < 1.29 is 23.9 Å². The van der Waals surface area contributed by atoms with Crippen LogP contribution in [0, 0.1) is 12.8 Å². The maximum absolute atomic E-state index is 13.3. The van der Waals surface area contributed by atoms with Crippen LogP contribution in [0.25, 0.3) is 0 Å². The van der Waals surface area contributed by atoms with Crippen LogP contribution in [0.3, 0.4) is 0 Å². The van der Waals surface area contributed by atoms with Crippen molar-refractivity contribution in [3.05, 3.63) is 41.5 Å². The van der Waals surface area contributed by atoms with E-state index >= 15 is 0 Å². The molecule has 1 aromatic carbocycles. The molecule has 1 unspecified atom stereocenters. The molecule has 1 aliphatic rings. The molecule has 1 atom stereocenters. The predicted molar refractivity (Wildman–Crippen MR) is 102 cm³/mol. The number of anilines is 1. The fourth-order valence-corrected chi connectivity index (χ4v) is 3.12. The number of benzene rings is 1. The highest BCUT2D eigenvalue weighted by Crippen LogP contribution is 2.31. The van der Waals surface area contributed by atoms with Crippen LogP contribution in [0.15, 0.2) is 35.9 Å². The number of aryl methyl sites for hydroxylation is 1. The molecule has 0 heterocycles. The van der Waals surface area contributed by atoms with Crippen molar-refractivity contribution in [1.82, 2.24) is 0 Å². The molecular formula is C21H27NO5. The van der Waals surface area contributed by atoms with E-state index in [0.717, 1.165) is 5.56 Å². The van der Waals surface area contributed by atoms with Crippen molar-refractivity contribution in [1.29, 1.82) is 0 Å². The molecule has 0 radical (unpaired) electrons. The highest BCUT2D eigenvalue weighted by Gasteiger charge is 2.35. The number of ether oxygens (including phenoxy) is 2. The standard InChI is InChI=1S/C21H27NO5/c1-14-9-6-7-12-17(14)22(13-18(23)27-21(2,3)4)19(24)15-10-8-11-16(15)20(25)26-5/h6-7,9-10,12,16H,8,11,13H2,1-5H3. The van der Waals surface area contributed by atoms with E-state index in [4.69, 9.17) is 9.47 Å². The molecule has 0 bridgehead atoms. The lowest BCUT2D eigenvalue weighted by atomic mass is 10.00. The van der Waals surface area contributed by atoms with Gasteiger partial charge in [0, 0.05) is 11.3 Å². The number of carbonyl (C=O) groups is 3. The molecule has 1 aromatic rings. The molecule has 27 heavy (non-hydrogen) atoms. The molecule has 0 aromatic heterocycles. The third kappa shape index (κ3) is 5.18. The molecule has 0 saturated carbocycles. The van der Waals surface area contributed by atoms with Crippen LogP contribution in [0.5, 0.6) is 0 Å². The molecule has 0 saturated heterocycles.